The van der Waals surface area contributed by atoms with Gasteiger partial charge in [0, 0.05) is 19.0 Å². The number of carbonyl (C=O) groups excluding carboxylic acids is 1. The molecular formula is C11H18ClN3O2S. The highest BCUT2D eigenvalue weighted by Crippen LogP contribution is 2.12. The zero-order valence-electron chi connectivity index (χ0n) is 10.6. The molecule has 0 atom stereocenters. The first kappa shape index (κ1) is 15.4. The van der Waals surface area contributed by atoms with Gasteiger partial charge in [-0.1, -0.05) is 0 Å². The van der Waals surface area contributed by atoms with Gasteiger partial charge in [-0.2, -0.15) is 0 Å². The Hall–Kier alpha value is -0.690. The van der Waals surface area contributed by atoms with E-state index in [-0.39, 0.29) is 5.91 Å². The maximum atomic E-state index is 11.5. The lowest BCUT2D eigenvalue weighted by Gasteiger charge is -2.14. The summed E-state index contributed by atoms with van der Waals surface area (Å²) in [5.74, 6) is 0.418. The molecule has 1 aromatic rings. The van der Waals surface area contributed by atoms with Crippen LogP contribution >= 0.6 is 22.9 Å². The molecule has 0 saturated carbocycles. The molecule has 0 fully saturated rings. The number of amides is 1. The molecule has 0 saturated heterocycles. The van der Waals surface area contributed by atoms with Gasteiger partial charge in [0.1, 0.15) is 5.01 Å². The molecule has 7 heteroatoms. The fraction of sp³-hybridized carbons (Fsp3) is 0.636. The van der Waals surface area contributed by atoms with Crippen LogP contribution in [0.1, 0.15) is 10.7 Å². The number of methoxy groups -OCH3 is 1. The van der Waals surface area contributed by atoms with E-state index in [4.69, 9.17) is 16.3 Å². The van der Waals surface area contributed by atoms with Crippen molar-refractivity contribution in [2.75, 3.05) is 33.9 Å². The van der Waals surface area contributed by atoms with Gasteiger partial charge in [-0.3, -0.25) is 9.69 Å². The summed E-state index contributed by atoms with van der Waals surface area (Å²) < 4.78 is 4.86. The maximum Gasteiger partial charge on any atom is 0.234 e. The lowest BCUT2D eigenvalue weighted by molar-refractivity contribution is -0.122. The molecule has 1 rings (SSSR count). The van der Waals surface area contributed by atoms with Gasteiger partial charge >= 0.3 is 0 Å². The van der Waals surface area contributed by atoms with Crippen LogP contribution in [0.15, 0.2) is 5.38 Å². The molecule has 1 aromatic heterocycles. The number of carbonyl (C=O) groups is 1. The molecule has 0 spiro atoms. The summed E-state index contributed by atoms with van der Waals surface area (Å²) in [5, 5.41) is 5.68. The number of likely N-dealkylation sites (N-methyl/N-ethyl adjacent to an activating group) is 1. The van der Waals surface area contributed by atoms with E-state index in [1.807, 2.05) is 17.3 Å². The number of halogens is 1. The first-order valence-electron chi connectivity index (χ1n) is 5.59. The van der Waals surface area contributed by atoms with E-state index >= 15 is 0 Å². The van der Waals surface area contributed by atoms with E-state index in [1.165, 1.54) is 0 Å². The molecule has 102 valence electrons. The second-order valence-electron chi connectivity index (χ2n) is 3.88. The van der Waals surface area contributed by atoms with E-state index in [0.717, 1.165) is 10.7 Å². The van der Waals surface area contributed by atoms with Gasteiger partial charge in [0.2, 0.25) is 5.91 Å². The van der Waals surface area contributed by atoms with Crippen molar-refractivity contribution < 1.29 is 9.53 Å². The molecule has 0 radical (unpaired) electrons. The van der Waals surface area contributed by atoms with Crippen LogP contribution in [-0.4, -0.2) is 49.6 Å². The molecule has 1 N–H and O–H groups in total. The highest BCUT2D eigenvalue weighted by Gasteiger charge is 2.09. The Morgan fingerprint density at radius 2 is 2.44 bits per heavy atom. The number of rotatable bonds is 8. The van der Waals surface area contributed by atoms with Crippen molar-refractivity contribution >= 4 is 28.8 Å². The quantitative estimate of drug-likeness (QED) is 0.575. The van der Waals surface area contributed by atoms with E-state index in [2.05, 4.69) is 10.3 Å². The summed E-state index contributed by atoms with van der Waals surface area (Å²) in [6.45, 7) is 2.07. The van der Waals surface area contributed by atoms with Crippen molar-refractivity contribution in [1.82, 2.24) is 15.2 Å². The Balaban J connectivity index is 2.27. The maximum absolute atomic E-state index is 11.5. The average molecular weight is 292 g/mol. The third-order valence-corrected chi connectivity index (χ3v) is 3.34. The summed E-state index contributed by atoms with van der Waals surface area (Å²) in [7, 11) is 3.49. The van der Waals surface area contributed by atoms with Crippen molar-refractivity contribution in [1.29, 1.82) is 0 Å². The number of alkyl halides is 1. The van der Waals surface area contributed by atoms with Gasteiger partial charge in [-0.05, 0) is 7.05 Å². The SMILES string of the molecule is COCCNC(=O)CN(C)Cc1nc(CCl)cs1. The molecule has 1 heterocycles. The summed E-state index contributed by atoms with van der Waals surface area (Å²) >= 11 is 7.25. The molecule has 0 unspecified atom stereocenters. The Morgan fingerprint density at radius 1 is 1.67 bits per heavy atom. The van der Waals surface area contributed by atoms with Crippen molar-refractivity contribution in [3.8, 4) is 0 Å². The Kier molecular flexibility index (Phi) is 7.19. The number of nitrogens with one attached hydrogen (secondary N) is 1. The minimum atomic E-state index is -0.0105. The number of aromatic nitrogens is 1. The van der Waals surface area contributed by atoms with Crippen molar-refractivity contribution in [3.63, 3.8) is 0 Å². The fourth-order valence-electron chi connectivity index (χ4n) is 1.36. The fourth-order valence-corrected chi connectivity index (χ4v) is 2.46. The number of nitrogens with zero attached hydrogens (tertiary/aromatic N) is 2. The number of hydrogen-bond donors (Lipinski definition) is 1. The predicted molar refractivity (Wildman–Crippen MR) is 72.9 cm³/mol. The zero-order chi connectivity index (χ0) is 13.4. The molecule has 0 aliphatic carbocycles. The highest BCUT2D eigenvalue weighted by atomic mass is 35.5. The van der Waals surface area contributed by atoms with Crippen LogP contribution in [-0.2, 0) is 22.0 Å². The van der Waals surface area contributed by atoms with Gasteiger partial charge in [0.25, 0.3) is 0 Å². The topological polar surface area (TPSA) is 54.5 Å². The first-order valence-corrected chi connectivity index (χ1v) is 7.00. The lowest BCUT2D eigenvalue weighted by atomic mass is 10.4. The monoisotopic (exact) mass is 291 g/mol. The van der Waals surface area contributed by atoms with Crippen molar-refractivity contribution in [3.05, 3.63) is 16.1 Å². The average Bonchev–Trinajstić information content (AvgIpc) is 2.76. The molecule has 0 aliphatic rings. The number of thiazole rings is 1. The summed E-state index contributed by atoms with van der Waals surface area (Å²) in [6.07, 6.45) is 0. The van der Waals surface area contributed by atoms with Crippen LogP contribution in [0.2, 0.25) is 0 Å². The Morgan fingerprint density at radius 3 is 3.06 bits per heavy atom. The third kappa shape index (κ3) is 5.77. The summed E-state index contributed by atoms with van der Waals surface area (Å²) in [4.78, 5) is 17.8. The molecule has 0 bridgehead atoms. The van der Waals surface area contributed by atoms with Gasteiger partial charge < -0.3 is 10.1 Å². The Bertz CT molecular complexity index is 373. The van der Waals surface area contributed by atoms with E-state index in [1.54, 1.807) is 18.4 Å². The van der Waals surface area contributed by atoms with Gasteiger partial charge in [0.05, 0.1) is 31.3 Å². The van der Waals surface area contributed by atoms with E-state index in [0.29, 0.717) is 32.1 Å². The lowest BCUT2D eigenvalue weighted by Crippen LogP contribution is -2.36. The zero-order valence-corrected chi connectivity index (χ0v) is 12.2. The van der Waals surface area contributed by atoms with Crippen molar-refractivity contribution in [2.24, 2.45) is 0 Å². The van der Waals surface area contributed by atoms with Crippen molar-refractivity contribution in [2.45, 2.75) is 12.4 Å². The minimum absolute atomic E-state index is 0.0105. The van der Waals surface area contributed by atoms with Crippen LogP contribution in [0, 0.1) is 0 Å². The van der Waals surface area contributed by atoms with E-state index in [9.17, 15) is 4.79 Å². The molecule has 5 nitrogen and oxygen atoms in total. The number of ether oxygens (including phenoxy) is 1. The second kappa shape index (κ2) is 8.42. The normalized spacial score (nSPS) is 10.9. The predicted octanol–water partition coefficient (Wildman–Crippen LogP) is 1.08. The molecule has 1 amide bonds. The standard InChI is InChI=1S/C11H18ClN3O2S/c1-15(6-10(16)13-3-4-17-2)7-11-14-9(5-12)8-18-11/h8H,3-7H2,1-2H3,(H,13,16). The largest absolute Gasteiger partial charge is 0.383 e. The van der Waals surface area contributed by atoms with Crippen LogP contribution in [0.5, 0.6) is 0 Å². The van der Waals surface area contributed by atoms with Crippen LogP contribution in [0.25, 0.3) is 0 Å². The van der Waals surface area contributed by atoms with Crippen LogP contribution in [0.3, 0.4) is 0 Å². The molecule has 0 aromatic carbocycles. The molecule has 0 aliphatic heterocycles. The minimum Gasteiger partial charge on any atom is -0.383 e. The highest BCUT2D eigenvalue weighted by molar-refractivity contribution is 7.09. The van der Waals surface area contributed by atoms with Crippen LogP contribution in [0.4, 0.5) is 0 Å². The smallest absolute Gasteiger partial charge is 0.234 e. The Labute approximate surface area is 116 Å². The number of hydrogen-bond acceptors (Lipinski definition) is 5. The molecule has 18 heavy (non-hydrogen) atoms. The summed E-state index contributed by atoms with van der Waals surface area (Å²) in [6, 6.07) is 0. The first-order chi connectivity index (χ1) is 8.65. The van der Waals surface area contributed by atoms with Gasteiger partial charge in [0.15, 0.2) is 0 Å². The second-order valence-corrected chi connectivity index (χ2v) is 5.09. The van der Waals surface area contributed by atoms with Crippen LogP contribution < -0.4 is 5.32 Å². The third-order valence-electron chi connectivity index (χ3n) is 2.18. The van der Waals surface area contributed by atoms with Gasteiger partial charge in [-0.15, -0.1) is 22.9 Å². The van der Waals surface area contributed by atoms with E-state index < -0.39 is 0 Å². The van der Waals surface area contributed by atoms with Gasteiger partial charge in [-0.25, -0.2) is 4.98 Å². The molecular weight excluding hydrogens is 274 g/mol. The summed E-state index contributed by atoms with van der Waals surface area (Å²) in [5.41, 5.74) is 0.884.